The SMILES string of the molecule is Cc1ccc(C(=O)[O-])cc1N1C(=O)c2cccc3c([N+](=O)[O-])ccc(c23)C1=O. The van der Waals surface area contributed by atoms with E-state index in [2.05, 4.69) is 0 Å². The maximum atomic E-state index is 13.1. The van der Waals surface area contributed by atoms with Crippen molar-refractivity contribution in [1.29, 1.82) is 0 Å². The lowest BCUT2D eigenvalue weighted by Crippen LogP contribution is -2.41. The number of aromatic carboxylic acids is 1. The van der Waals surface area contributed by atoms with Gasteiger partial charge in [0.2, 0.25) is 0 Å². The summed E-state index contributed by atoms with van der Waals surface area (Å²) >= 11 is 0. The zero-order valence-electron chi connectivity index (χ0n) is 14.5. The maximum Gasteiger partial charge on any atom is 0.277 e. The second kappa shape index (κ2) is 5.98. The molecule has 2 amide bonds. The minimum absolute atomic E-state index is 0.123. The van der Waals surface area contributed by atoms with Gasteiger partial charge in [-0.15, -0.1) is 0 Å². The average Bonchev–Trinajstić information content (AvgIpc) is 2.66. The van der Waals surface area contributed by atoms with E-state index in [1.54, 1.807) is 6.92 Å². The van der Waals surface area contributed by atoms with E-state index in [9.17, 15) is 29.6 Å². The second-order valence-corrected chi connectivity index (χ2v) is 6.35. The number of carbonyl (C=O) groups is 3. The van der Waals surface area contributed by atoms with E-state index in [0.29, 0.717) is 5.56 Å². The first-order valence-electron chi connectivity index (χ1n) is 8.22. The molecule has 8 nitrogen and oxygen atoms in total. The Balaban J connectivity index is 1.99. The Labute approximate surface area is 157 Å². The number of rotatable bonds is 3. The molecule has 8 heteroatoms. The molecule has 1 aliphatic heterocycles. The molecule has 3 aromatic carbocycles. The fourth-order valence-electron chi connectivity index (χ4n) is 3.44. The highest BCUT2D eigenvalue weighted by Crippen LogP contribution is 2.37. The molecule has 0 atom stereocenters. The molecular formula is C20H11N2O6-. The highest BCUT2D eigenvalue weighted by molar-refractivity contribution is 6.36. The van der Waals surface area contributed by atoms with Crippen LogP contribution in [0, 0.1) is 17.0 Å². The molecule has 0 spiro atoms. The van der Waals surface area contributed by atoms with Crippen LogP contribution in [-0.2, 0) is 0 Å². The van der Waals surface area contributed by atoms with Gasteiger partial charge in [-0.05, 0) is 42.3 Å². The summed E-state index contributed by atoms with van der Waals surface area (Å²) in [4.78, 5) is 49.0. The van der Waals surface area contributed by atoms with Crippen molar-refractivity contribution in [1.82, 2.24) is 0 Å². The number of hydrogen-bond donors (Lipinski definition) is 0. The second-order valence-electron chi connectivity index (χ2n) is 6.35. The molecule has 0 unspecified atom stereocenters. The molecule has 0 saturated heterocycles. The Morgan fingerprint density at radius 1 is 1.00 bits per heavy atom. The summed E-state index contributed by atoms with van der Waals surface area (Å²) in [6.07, 6.45) is 0. The van der Waals surface area contributed by atoms with Crippen LogP contribution in [0.15, 0.2) is 48.5 Å². The third kappa shape index (κ3) is 2.35. The summed E-state index contributed by atoms with van der Waals surface area (Å²) in [5.74, 6) is -2.79. The summed E-state index contributed by atoms with van der Waals surface area (Å²) in [6.45, 7) is 1.64. The molecular weight excluding hydrogens is 364 g/mol. The van der Waals surface area contributed by atoms with Crippen LogP contribution >= 0.6 is 0 Å². The normalized spacial score (nSPS) is 13.1. The zero-order valence-corrected chi connectivity index (χ0v) is 14.5. The Bertz CT molecular complexity index is 1210. The molecule has 0 fully saturated rings. The van der Waals surface area contributed by atoms with Crippen LogP contribution in [0.4, 0.5) is 11.4 Å². The lowest BCUT2D eigenvalue weighted by atomic mass is 9.92. The van der Waals surface area contributed by atoms with Crippen molar-refractivity contribution < 1.29 is 24.4 Å². The van der Waals surface area contributed by atoms with Crippen molar-refractivity contribution in [3.63, 3.8) is 0 Å². The molecule has 0 radical (unpaired) electrons. The summed E-state index contributed by atoms with van der Waals surface area (Å²) in [7, 11) is 0. The number of hydrogen-bond acceptors (Lipinski definition) is 6. The zero-order chi connectivity index (χ0) is 20.2. The third-order valence-corrected chi connectivity index (χ3v) is 4.77. The topological polar surface area (TPSA) is 121 Å². The van der Waals surface area contributed by atoms with Crippen LogP contribution < -0.4 is 10.0 Å². The van der Waals surface area contributed by atoms with Gasteiger partial charge in [-0.1, -0.05) is 18.2 Å². The number of carbonyl (C=O) groups excluding carboxylic acids is 3. The number of benzene rings is 3. The summed E-state index contributed by atoms with van der Waals surface area (Å²) < 4.78 is 0. The molecule has 1 heterocycles. The molecule has 138 valence electrons. The van der Waals surface area contributed by atoms with E-state index >= 15 is 0 Å². The highest BCUT2D eigenvalue weighted by Gasteiger charge is 2.36. The Morgan fingerprint density at radius 2 is 1.68 bits per heavy atom. The Morgan fingerprint density at radius 3 is 2.32 bits per heavy atom. The molecule has 0 aliphatic carbocycles. The fraction of sp³-hybridized carbons (Fsp3) is 0.0500. The number of anilines is 1. The van der Waals surface area contributed by atoms with Crippen LogP contribution in [0.25, 0.3) is 10.8 Å². The minimum Gasteiger partial charge on any atom is -0.545 e. The number of carboxylic acid groups (broad SMARTS) is 1. The monoisotopic (exact) mass is 375 g/mol. The van der Waals surface area contributed by atoms with E-state index < -0.39 is 22.7 Å². The molecule has 28 heavy (non-hydrogen) atoms. The first kappa shape index (κ1) is 17.3. The van der Waals surface area contributed by atoms with Gasteiger partial charge in [0.05, 0.1) is 22.0 Å². The Hall–Kier alpha value is -4.07. The quantitative estimate of drug-likeness (QED) is 0.393. The predicted octanol–water partition coefficient (Wildman–Crippen LogP) is 2.22. The Kier molecular flexibility index (Phi) is 3.71. The van der Waals surface area contributed by atoms with Gasteiger partial charge in [0, 0.05) is 22.6 Å². The standard InChI is InChI=1S/C20H12N2O6/c1-10-5-6-11(20(25)26)9-16(10)21-18(23)13-4-2-3-12-15(22(27)28)8-7-14(17(12)13)19(21)24/h2-9H,1H3,(H,25,26)/p-1. The van der Waals surface area contributed by atoms with Gasteiger partial charge >= 0.3 is 0 Å². The van der Waals surface area contributed by atoms with Crippen LogP contribution in [0.2, 0.25) is 0 Å². The van der Waals surface area contributed by atoms with Crippen molar-refractivity contribution in [2.45, 2.75) is 6.92 Å². The molecule has 4 rings (SSSR count). The number of amides is 2. The van der Waals surface area contributed by atoms with Gasteiger partial charge in [-0.25, -0.2) is 4.90 Å². The summed E-state index contributed by atoms with van der Waals surface area (Å²) in [5, 5.41) is 22.9. The van der Waals surface area contributed by atoms with E-state index in [1.807, 2.05) is 0 Å². The number of nitrogens with zero attached hydrogens (tertiary/aromatic N) is 2. The number of nitro groups is 1. The molecule has 0 N–H and O–H groups in total. The smallest absolute Gasteiger partial charge is 0.277 e. The van der Waals surface area contributed by atoms with E-state index in [4.69, 9.17) is 0 Å². The van der Waals surface area contributed by atoms with Gasteiger partial charge in [-0.2, -0.15) is 0 Å². The lowest BCUT2D eigenvalue weighted by molar-refractivity contribution is -0.383. The first-order chi connectivity index (χ1) is 13.3. The fourth-order valence-corrected chi connectivity index (χ4v) is 3.44. The maximum absolute atomic E-state index is 13.1. The number of aryl methyl sites for hydroxylation is 1. The molecule has 1 aliphatic rings. The number of imide groups is 1. The van der Waals surface area contributed by atoms with Gasteiger partial charge in [0.25, 0.3) is 17.5 Å². The van der Waals surface area contributed by atoms with Crippen molar-refractivity contribution in [3.05, 3.63) is 80.9 Å². The predicted molar refractivity (Wildman–Crippen MR) is 97.3 cm³/mol. The summed E-state index contributed by atoms with van der Waals surface area (Å²) in [5.41, 5.74) is 0.531. The van der Waals surface area contributed by atoms with Crippen molar-refractivity contribution in [2.24, 2.45) is 0 Å². The van der Waals surface area contributed by atoms with Crippen LogP contribution in [0.3, 0.4) is 0 Å². The van der Waals surface area contributed by atoms with Gasteiger partial charge in [-0.3, -0.25) is 19.7 Å². The van der Waals surface area contributed by atoms with Crippen molar-refractivity contribution in [2.75, 3.05) is 4.90 Å². The number of nitro benzene ring substituents is 1. The molecule has 0 bridgehead atoms. The minimum atomic E-state index is -1.43. The number of carboxylic acids is 1. The summed E-state index contributed by atoms with van der Waals surface area (Å²) in [6, 6.07) is 11.0. The van der Waals surface area contributed by atoms with Crippen molar-refractivity contribution in [3.8, 4) is 0 Å². The van der Waals surface area contributed by atoms with Crippen LogP contribution in [0.1, 0.15) is 36.6 Å². The van der Waals surface area contributed by atoms with Crippen molar-refractivity contribution >= 4 is 39.9 Å². The molecule has 0 aromatic heterocycles. The van der Waals surface area contributed by atoms with Crippen LogP contribution in [0.5, 0.6) is 0 Å². The highest BCUT2D eigenvalue weighted by atomic mass is 16.6. The number of non-ortho nitro benzene ring substituents is 1. The first-order valence-corrected chi connectivity index (χ1v) is 8.22. The largest absolute Gasteiger partial charge is 0.545 e. The molecule has 0 saturated carbocycles. The average molecular weight is 375 g/mol. The van der Waals surface area contributed by atoms with E-state index in [-0.39, 0.29) is 38.8 Å². The van der Waals surface area contributed by atoms with Crippen LogP contribution in [-0.4, -0.2) is 22.7 Å². The van der Waals surface area contributed by atoms with E-state index in [1.165, 1.54) is 48.5 Å². The molecule has 3 aromatic rings. The van der Waals surface area contributed by atoms with Gasteiger partial charge in [0.15, 0.2) is 0 Å². The lowest BCUT2D eigenvalue weighted by Gasteiger charge is -2.28. The van der Waals surface area contributed by atoms with Gasteiger partial charge < -0.3 is 9.90 Å². The van der Waals surface area contributed by atoms with E-state index in [0.717, 1.165) is 4.90 Å². The van der Waals surface area contributed by atoms with Gasteiger partial charge in [0.1, 0.15) is 0 Å². The third-order valence-electron chi connectivity index (χ3n) is 4.77.